The van der Waals surface area contributed by atoms with Gasteiger partial charge in [0, 0.05) is 23.1 Å². The van der Waals surface area contributed by atoms with Crippen molar-refractivity contribution in [3.8, 4) is 11.4 Å². The van der Waals surface area contributed by atoms with Gasteiger partial charge in [0.2, 0.25) is 11.7 Å². The summed E-state index contributed by atoms with van der Waals surface area (Å²) >= 11 is 0. The normalized spacial score (nSPS) is 17.1. The van der Waals surface area contributed by atoms with Gasteiger partial charge < -0.3 is 14.6 Å². The van der Waals surface area contributed by atoms with Crippen LogP contribution in [0.4, 0.5) is 20.6 Å². The van der Waals surface area contributed by atoms with Crippen LogP contribution in [0.5, 0.6) is 0 Å². The molecule has 1 aliphatic carbocycles. The average Bonchev–Trinajstić information content (AvgIpc) is 3.19. The van der Waals surface area contributed by atoms with E-state index in [1.54, 1.807) is 45.2 Å². The second-order valence-electron chi connectivity index (χ2n) is 9.73. The number of pyridine rings is 1. The molecule has 0 bridgehead atoms. The molecule has 1 fully saturated rings. The lowest BCUT2D eigenvalue weighted by atomic mass is 10.1. The van der Waals surface area contributed by atoms with Crippen LogP contribution < -0.4 is 10.6 Å². The topological polar surface area (TPSA) is 124 Å². The highest BCUT2D eigenvalue weighted by Gasteiger charge is 2.43. The summed E-state index contributed by atoms with van der Waals surface area (Å²) in [5.74, 6) is -0.104. The zero-order valence-electron chi connectivity index (χ0n) is 20.2. The number of carbonyl (C=O) groups is 2. The molecule has 11 heteroatoms. The van der Waals surface area contributed by atoms with E-state index >= 15 is 0 Å². The first-order valence-electron chi connectivity index (χ1n) is 11.4. The van der Waals surface area contributed by atoms with Gasteiger partial charge in [0.15, 0.2) is 0 Å². The number of amides is 2. The van der Waals surface area contributed by atoms with E-state index in [0.717, 1.165) is 5.56 Å². The highest BCUT2D eigenvalue weighted by Crippen LogP contribution is 2.43. The number of hydrogen-bond acceptors (Lipinski definition) is 7. The number of aromatic nitrogens is 4. The van der Waals surface area contributed by atoms with Gasteiger partial charge in [-0.15, -0.1) is 0 Å². The molecule has 1 aromatic carbocycles. The van der Waals surface area contributed by atoms with E-state index in [1.165, 1.54) is 10.7 Å². The predicted octanol–water partition coefficient (Wildman–Crippen LogP) is 5.12. The van der Waals surface area contributed by atoms with E-state index in [2.05, 4.69) is 25.9 Å². The molecule has 5 rings (SSSR count). The first-order valence-corrected chi connectivity index (χ1v) is 11.4. The average molecular weight is 493 g/mol. The van der Waals surface area contributed by atoms with Crippen LogP contribution in [0.15, 0.2) is 47.2 Å². The van der Waals surface area contributed by atoms with Gasteiger partial charge in [0.25, 0.3) is 5.91 Å². The van der Waals surface area contributed by atoms with Crippen molar-refractivity contribution < 1.29 is 23.2 Å². The zero-order chi connectivity index (χ0) is 25.6. The molecule has 0 saturated heterocycles. The fourth-order valence-corrected chi connectivity index (χ4v) is 3.66. The van der Waals surface area contributed by atoms with Crippen molar-refractivity contribution in [2.75, 3.05) is 10.6 Å². The van der Waals surface area contributed by atoms with Crippen molar-refractivity contribution in [1.29, 1.82) is 0 Å². The molecule has 2 atom stereocenters. The Bertz CT molecular complexity index is 1470. The summed E-state index contributed by atoms with van der Waals surface area (Å²) < 4.78 is 25.3. The maximum absolute atomic E-state index is 13.3. The highest BCUT2D eigenvalue weighted by atomic mass is 19.1. The highest BCUT2D eigenvalue weighted by molar-refractivity contribution is 6.09. The van der Waals surface area contributed by atoms with Gasteiger partial charge in [-0.25, -0.2) is 13.7 Å². The predicted molar refractivity (Wildman–Crippen MR) is 130 cm³/mol. The summed E-state index contributed by atoms with van der Waals surface area (Å²) in [6.07, 6.45) is 1.96. The van der Waals surface area contributed by atoms with Gasteiger partial charge in [-0.05, 0) is 57.9 Å². The third kappa shape index (κ3) is 4.90. The number of carbonyl (C=O) groups excluding carboxylic acids is 2. The van der Waals surface area contributed by atoms with Gasteiger partial charge in [-0.3, -0.25) is 10.1 Å². The number of benzene rings is 1. The molecule has 2 N–H and O–H groups in total. The standard InChI is InChI=1S/C25H25FN6O4/c1-13-5-6-14(21-30-23(36-31-21)16-11-18(16)26)9-19(13)29-22(33)17-12-27-32-8-7-15(10-20(17)32)28-24(34)35-25(2,3)4/h5-10,12,16,18H,11H2,1-4H3,(H,28,34)(H,29,33)/t16-,18-/m0/s1. The van der Waals surface area contributed by atoms with Gasteiger partial charge in [-0.2, -0.15) is 10.1 Å². The Kier molecular flexibility index (Phi) is 5.70. The molecule has 1 aliphatic rings. The molecule has 36 heavy (non-hydrogen) atoms. The lowest BCUT2D eigenvalue weighted by Gasteiger charge is -2.19. The molecule has 2 amide bonds. The summed E-state index contributed by atoms with van der Waals surface area (Å²) in [6.45, 7) is 7.18. The van der Waals surface area contributed by atoms with E-state index in [-0.39, 0.29) is 17.7 Å². The monoisotopic (exact) mass is 492 g/mol. The maximum atomic E-state index is 13.3. The van der Waals surface area contributed by atoms with Gasteiger partial charge in [0.05, 0.1) is 23.2 Å². The number of ether oxygens (including phenoxy) is 1. The maximum Gasteiger partial charge on any atom is 0.412 e. The Hall–Kier alpha value is -4.28. The Morgan fingerprint density at radius 1 is 1.19 bits per heavy atom. The van der Waals surface area contributed by atoms with Crippen LogP contribution in [0.3, 0.4) is 0 Å². The minimum atomic E-state index is -0.933. The molecule has 3 heterocycles. The number of nitrogens with one attached hydrogen (secondary N) is 2. The zero-order valence-corrected chi connectivity index (χ0v) is 20.2. The second-order valence-corrected chi connectivity index (χ2v) is 9.73. The molecule has 4 aromatic rings. The van der Waals surface area contributed by atoms with E-state index in [4.69, 9.17) is 9.26 Å². The molecule has 0 spiro atoms. The van der Waals surface area contributed by atoms with E-state index in [9.17, 15) is 14.0 Å². The molecule has 1 saturated carbocycles. The Morgan fingerprint density at radius 2 is 1.97 bits per heavy atom. The molecule has 0 radical (unpaired) electrons. The molecular weight excluding hydrogens is 467 g/mol. The second kappa shape index (κ2) is 8.74. The molecule has 186 valence electrons. The fourth-order valence-electron chi connectivity index (χ4n) is 3.66. The first-order chi connectivity index (χ1) is 17.1. The van der Waals surface area contributed by atoms with Crippen LogP contribution in [0, 0.1) is 6.92 Å². The Balaban J connectivity index is 1.36. The van der Waals surface area contributed by atoms with Crippen LogP contribution in [0.1, 0.15) is 54.9 Å². The van der Waals surface area contributed by atoms with Crippen molar-refractivity contribution in [2.24, 2.45) is 0 Å². The van der Waals surface area contributed by atoms with Gasteiger partial charge >= 0.3 is 6.09 Å². The quantitative estimate of drug-likeness (QED) is 0.396. The van der Waals surface area contributed by atoms with Crippen LogP contribution >= 0.6 is 0 Å². The Morgan fingerprint density at radius 3 is 2.69 bits per heavy atom. The number of alkyl halides is 1. The van der Waals surface area contributed by atoms with Crippen molar-refractivity contribution in [1.82, 2.24) is 19.8 Å². The summed E-state index contributed by atoms with van der Waals surface area (Å²) in [6, 6.07) is 8.68. The first kappa shape index (κ1) is 23.5. The number of nitrogens with zero attached hydrogens (tertiary/aromatic N) is 4. The summed E-state index contributed by atoms with van der Waals surface area (Å²) in [5, 5.41) is 13.8. The molecule has 3 aromatic heterocycles. The third-order valence-electron chi connectivity index (χ3n) is 5.63. The van der Waals surface area contributed by atoms with Gasteiger partial charge in [-0.1, -0.05) is 17.3 Å². The van der Waals surface area contributed by atoms with Crippen molar-refractivity contribution in [3.63, 3.8) is 0 Å². The van der Waals surface area contributed by atoms with Crippen molar-refractivity contribution in [3.05, 3.63) is 59.7 Å². The van der Waals surface area contributed by atoms with Crippen molar-refractivity contribution >= 4 is 28.9 Å². The van der Waals surface area contributed by atoms with Crippen LogP contribution in [-0.4, -0.2) is 43.5 Å². The van der Waals surface area contributed by atoms with E-state index in [0.29, 0.717) is 40.3 Å². The van der Waals surface area contributed by atoms with Crippen LogP contribution in [-0.2, 0) is 4.74 Å². The Labute approximate surface area is 205 Å². The fraction of sp³-hybridized carbons (Fsp3) is 0.320. The molecule has 10 nitrogen and oxygen atoms in total. The lowest BCUT2D eigenvalue weighted by molar-refractivity contribution is 0.0635. The largest absolute Gasteiger partial charge is 0.444 e. The summed E-state index contributed by atoms with van der Waals surface area (Å²) in [5.41, 5.74) is 2.65. The smallest absolute Gasteiger partial charge is 0.412 e. The SMILES string of the molecule is Cc1ccc(-c2noc([C@H]3C[C@@H]3F)n2)cc1NC(=O)c1cnn2ccc(NC(=O)OC(C)(C)C)cc12. The number of fused-ring (bicyclic) bond motifs is 1. The lowest BCUT2D eigenvalue weighted by Crippen LogP contribution is -2.27. The van der Waals surface area contributed by atoms with Crippen LogP contribution in [0.25, 0.3) is 16.9 Å². The number of aryl methyl sites for hydroxylation is 1. The minimum absolute atomic E-state index is 0.283. The summed E-state index contributed by atoms with van der Waals surface area (Å²) in [4.78, 5) is 29.6. The minimum Gasteiger partial charge on any atom is -0.444 e. The molecule has 0 unspecified atom stereocenters. The summed E-state index contributed by atoms with van der Waals surface area (Å²) in [7, 11) is 0. The van der Waals surface area contributed by atoms with E-state index in [1.807, 2.05) is 19.1 Å². The van der Waals surface area contributed by atoms with Crippen LogP contribution in [0.2, 0.25) is 0 Å². The number of rotatable bonds is 5. The molecular formula is C25H25FN6O4. The van der Waals surface area contributed by atoms with E-state index < -0.39 is 17.9 Å². The number of anilines is 2. The number of halogens is 1. The van der Waals surface area contributed by atoms with Gasteiger partial charge in [0.1, 0.15) is 11.8 Å². The molecule has 0 aliphatic heterocycles. The number of hydrogen-bond donors (Lipinski definition) is 2. The third-order valence-corrected chi connectivity index (χ3v) is 5.63. The van der Waals surface area contributed by atoms with Crippen molar-refractivity contribution in [2.45, 2.75) is 51.8 Å².